The van der Waals surface area contributed by atoms with Crippen LogP contribution < -0.4 is 10.6 Å². The molecule has 192 valence electrons. The zero-order valence-electron chi connectivity index (χ0n) is 18.8. The Morgan fingerprint density at radius 2 is 1.71 bits per heavy atom. The Morgan fingerprint density at radius 1 is 1.14 bits per heavy atom. The molecule has 9 nitrogen and oxygen atoms in total. The number of piperazine rings is 1. The van der Waals surface area contributed by atoms with E-state index in [0.717, 1.165) is 28.6 Å². The first-order valence-electron chi connectivity index (χ1n) is 10.8. The second-order valence-electron chi connectivity index (χ2n) is 8.61. The second-order valence-corrected chi connectivity index (χ2v) is 10.6. The van der Waals surface area contributed by atoms with Gasteiger partial charge in [0.1, 0.15) is 23.4 Å². The third kappa shape index (κ3) is 6.68. The van der Waals surface area contributed by atoms with E-state index in [1.165, 1.54) is 11.8 Å². The molecule has 2 N–H and O–H groups in total. The van der Waals surface area contributed by atoms with E-state index < -0.39 is 56.9 Å². The summed E-state index contributed by atoms with van der Waals surface area (Å²) in [4.78, 5) is 25.9. The molecular formula is C21H25F4N5O4S. The molecular weight excluding hydrogens is 494 g/mol. The molecule has 1 aromatic rings. The molecule has 0 unspecified atom stereocenters. The average Bonchev–Trinajstić information content (AvgIpc) is 3.56. The second kappa shape index (κ2) is 10.1. The number of benzene rings is 1. The Bertz CT molecular complexity index is 1090. The smallest absolute Gasteiger partial charge is 0.340 e. The van der Waals surface area contributed by atoms with Crippen molar-refractivity contribution in [2.45, 2.75) is 43.6 Å². The van der Waals surface area contributed by atoms with Crippen LogP contribution in [0.5, 0.6) is 0 Å². The number of nitriles is 1. The van der Waals surface area contributed by atoms with E-state index in [2.05, 4.69) is 10.6 Å². The molecule has 14 heteroatoms. The number of alkyl halides is 3. The largest absolute Gasteiger partial charge is 0.407 e. The van der Waals surface area contributed by atoms with E-state index in [1.54, 1.807) is 0 Å². The number of nitrogens with one attached hydrogen (secondary N) is 2. The molecule has 0 radical (unpaired) electrons. The number of carbonyl (C=O) groups is 2. The number of hydrogen-bond donors (Lipinski definition) is 2. The predicted octanol–water partition coefficient (Wildman–Crippen LogP) is 1.05. The quantitative estimate of drug-likeness (QED) is 0.495. The predicted molar refractivity (Wildman–Crippen MR) is 115 cm³/mol. The van der Waals surface area contributed by atoms with Crippen LogP contribution in [0.15, 0.2) is 24.3 Å². The minimum Gasteiger partial charge on any atom is -0.340 e. The Hall–Kier alpha value is -2.76. The maximum atomic E-state index is 13.9. The lowest BCUT2D eigenvalue weighted by Crippen LogP contribution is -2.57. The van der Waals surface area contributed by atoms with E-state index in [4.69, 9.17) is 0 Å². The fraction of sp³-hybridized carbons (Fsp3) is 0.571. The van der Waals surface area contributed by atoms with Crippen LogP contribution in [0.4, 0.5) is 17.6 Å². The van der Waals surface area contributed by atoms with Gasteiger partial charge < -0.3 is 10.2 Å². The number of sulfonamides is 1. The molecule has 2 atom stereocenters. The van der Waals surface area contributed by atoms with E-state index in [-0.39, 0.29) is 32.1 Å². The summed E-state index contributed by atoms with van der Waals surface area (Å²) >= 11 is 0. The standard InChI is InChI=1S/C21H25F4N5O4S/c1-14(31)29-8-10-30(11-9-29)35(33,34)12-17(19(32)28-20(13-26)6-7-20)27-18(21(23,24)25)15-2-4-16(22)5-3-15/h2-5,17-18,27H,6-12H2,1H3,(H,28,32)/t17-,18-/m0/s1. The number of amides is 2. The highest BCUT2D eigenvalue weighted by atomic mass is 32.2. The highest BCUT2D eigenvalue weighted by Crippen LogP contribution is 2.36. The van der Waals surface area contributed by atoms with Crippen molar-refractivity contribution in [3.8, 4) is 6.07 Å². The van der Waals surface area contributed by atoms with Gasteiger partial charge in [0.2, 0.25) is 21.8 Å². The number of hydrogen-bond acceptors (Lipinski definition) is 6. The van der Waals surface area contributed by atoms with Crippen LogP contribution in [0.25, 0.3) is 0 Å². The maximum Gasteiger partial charge on any atom is 0.407 e. The van der Waals surface area contributed by atoms with Gasteiger partial charge in [-0.2, -0.15) is 22.7 Å². The van der Waals surface area contributed by atoms with Gasteiger partial charge in [-0.15, -0.1) is 0 Å². The van der Waals surface area contributed by atoms with Gasteiger partial charge in [0.15, 0.2) is 0 Å². The Kier molecular flexibility index (Phi) is 7.73. The first-order valence-corrected chi connectivity index (χ1v) is 12.4. The molecule has 1 aliphatic heterocycles. The van der Waals surface area contributed by atoms with Crippen molar-refractivity contribution in [2.24, 2.45) is 0 Å². The summed E-state index contributed by atoms with van der Waals surface area (Å²) in [5, 5.41) is 13.7. The van der Waals surface area contributed by atoms with Crippen LogP contribution in [-0.4, -0.2) is 79.1 Å². The third-order valence-electron chi connectivity index (χ3n) is 6.00. The molecule has 35 heavy (non-hydrogen) atoms. The van der Waals surface area contributed by atoms with Crippen LogP contribution in [0.3, 0.4) is 0 Å². The van der Waals surface area contributed by atoms with Crippen LogP contribution in [0.2, 0.25) is 0 Å². The fourth-order valence-electron chi connectivity index (χ4n) is 3.75. The number of nitrogens with zero attached hydrogens (tertiary/aromatic N) is 3. The maximum absolute atomic E-state index is 13.9. The van der Waals surface area contributed by atoms with Gasteiger partial charge in [0.05, 0.1) is 11.8 Å². The Labute approximate surface area is 200 Å². The molecule has 0 spiro atoms. The van der Waals surface area contributed by atoms with Crippen LogP contribution >= 0.6 is 0 Å². The van der Waals surface area contributed by atoms with Crippen molar-refractivity contribution >= 4 is 21.8 Å². The molecule has 2 aliphatic rings. The molecule has 0 aromatic heterocycles. The lowest BCUT2D eigenvalue weighted by atomic mass is 10.0. The van der Waals surface area contributed by atoms with Crippen molar-refractivity contribution in [2.75, 3.05) is 31.9 Å². The van der Waals surface area contributed by atoms with Gasteiger partial charge >= 0.3 is 6.18 Å². The van der Waals surface area contributed by atoms with Crippen molar-refractivity contribution in [1.29, 1.82) is 5.26 Å². The van der Waals surface area contributed by atoms with Crippen LogP contribution in [-0.2, 0) is 19.6 Å². The summed E-state index contributed by atoms with van der Waals surface area (Å²) in [6.07, 6.45) is -4.36. The Balaban J connectivity index is 1.85. The molecule has 1 saturated heterocycles. The summed E-state index contributed by atoms with van der Waals surface area (Å²) in [6, 6.07) is 0.973. The van der Waals surface area contributed by atoms with Gasteiger partial charge in [0, 0.05) is 33.1 Å². The summed E-state index contributed by atoms with van der Waals surface area (Å²) < 4.78 is 82.1. The Morgan fingerprint density at radius 3 is 2.17 bits per heavy atom. The number of rotatable bonds is 8. The summed E-state index contributed by atoms with van der Waals surface area (Å²) in [5.74, 6) is -3.07. The highest BCUT2D eigenvalue weighted by molar-refractivity contribution is 7.89. The molecule has 1 aliphatic carbocycles. The number of carbonyl (C=O) groups excluding carboxylic acids is 2. The molecule has 3 rings (SSSR count). The van der Waals surface area contributed by atoms with E-state index in [1.807, 2.05) is 6.07 Å². The lowest BCUT2D eigenvalue weighted by molar-refractivity contribution is -0.160. The molecule has 2 fully saturated rings. The van der Waals surface area contributed by atoms with Crippen molar-refractivity contribution in [3.05, 3.63) is 35.6 Å². The molecule has 1 aromatic carbocycles. The first-order chi connectivity index (χ1) is 16.3. The SMILES string of the molecule is CC(=O)N1CCN(S(=O)(=O)C[C@H](N[C@@H](c2ccc(F)cc2)C(F)(F)F)C(=O)NC2(C#N)CC2)CC1. The van der Waals surface area contributed by atoms with Crippen LogP contribution in [0, 0.1) is 17.1 Å². The summed E-state index contributed by atoms with van der Waals surface area (Å²) in [5.41, 5.74) is -1.65. The van der Waals surface area contributed by atoms with Crippen LogP contribution in [0.1, 0.15) is 31.4 Å². The fourth-order valence-corrected chi connectivity index (χ4v) is 5.34. The van der Waals surface area contributed by atoms with Gasteiger partial charge in [-0.3, -0.25) is 14.9 Å². The zero-order chi connectivity index (χ0) is 26.0. The summed E-state index contributed by atoms with van der Waals surface area (Å²) in [6.45, 7) is 1.41. The number of halogens is 4. The van der Waals surface area contributed by atoms with Crippen molar-refractivity contribution < 1.29 is 35.6 Å². The highest BCUT2D eigenvalue weighted by Gasteiger charge is 2.48. The molecule has 1 heterocycles. The van der Waals surface area contributed by atoms with Gasteiger partial charge in [-0.25, -0.2) is 12.8 Å². The topological polar surface area (TPSA) is 123 Å². The summed E-state index contributed by atoms with van der Waals surface area (Å²) in [7, 11) is -4.24. The minimum absolute atomic E-state index is 0.0704. The van der Waals surface area contributed by atoms with Gasteiger partial charge in [0.25, 0.3) is 0 Å². The third-order valence-corrected chi connectivity index (χ3v) is 7.90. The van der Waals surface area contributed by atoms with E-state index in [0.29, 0.717) is 12.8 Å². The molecule has 0 bridgehead atoms. The van der Waals surface area contributed by atoms with E-state index >= 15 is 0 Å². The first kappa shape index (κ1) is 26.8. The molecule has 2 amide bonds. The van der Waals surface area contributed by atoms with Crippen molar-refractivity contribution in [1.82, 2.24) is 19.8 Å². The van der Waals surface area contributed by atoms with Gasteiger partial charge in [-0.1, -0.05) is 12.1 Å². The molecule has 1 saturated carbocycles. The normalized spacial score (nSPS) is 19.9. The van der Waals surface area contributed by atoms with Gasteiger partial charge in [-0.05, 0) is 30.5 Å². The minimum atomic E-state index is -4.94. The monoisotopic (exact) mass is 519 g/mol. The average molecular weight is 520 g/mol. The lowest BCUT2D eigenvalue weighted by Gasteiger charge is -2.34. The van der Waals surface area contributed by atoms with E-state index in [9.17, 15) is 40.8 Å². The zero-order valence-corrected chi connectivity index (χ0v) is 19.6. The van der Waals surface area contributed by atoms with Crippen molar-refractivity contribution in [3.63, 3.8) is 0 Å².